The minimum Gasteiger partial charge on any atom is -0.393 e. The molecular formula is C29H44O. The quantitative estimate of drug-likeness (QED) is 0.474. The summed E-state index contributed by atoms with van der Waals surface area (Å²) in [6.45, 7) is 16.0. The van der Waals surface area contributed by atoms with Gasteiger partial charge in [0.1, 0.15) is 0 Å². The van der Waals surface area contributed by atoms with Crippen LogP contribution in [0.15, 0.2) is 47.6 Å². The standard InChI is InChI=1S/C29H44O/c1-7-21(19(2)3)9-8-20(4)25-12-13-26-24-11-10-22-18-23(30)14-16-28(22,5)27(24)15-17-29(25,26)6/h7-9,12,19,22-24,26-27,30H,1,10-11,13-18H2,2-6H3/t22?,23?,24-,26-,27-,28-,29+/m0/s1. The van der Waals surface area contributed by atoms with E-state index in [-0.39, 0.29) is 6.10 Å². The van der Waals surface area contributed by atoms with Gasteiger partial charge >= 0.3 is 0 Å². The van der Waals surface area contributed by atoms with E-state index in [1.807, 2.05) is 6.08 Å². The lowest BCUT2D eigenvalue weighted by atomic mass is 9.44. The third kappa shape index (κ3) is 3.50. The molecule has 1 heteroatoms. The summed E-state index contributed by atoms with van der Waals surface area (Å²) in [5.41, 5.74) is 5.22. The average Bonchev–Trinajstić information content (AvgIpc) is 3.06. The molecule has 4 aliphatic rings. The Labute approximate surface area is 185 Å². The van der Waals surface area contributed by atoms with Crippen LogP contribution in [0, 0.1) is 40.4 Å². The van der Waals surface area contributed by atoms with Crippen LogP contribution in [0.5, 0.6) is 0 Å². The molecule has 4 aliphatic carbocycles. The molecule has 166 valence electrons. The predicted octanol–water partition coefficient (Wildman–Crippen LogP) is 7.64. The predicted molar refractivity (Wildman–Crippen MR) is 128 cm³/mol. The number of aliphatic hydroxyl groups excluding tert-OH is 1. The Bertz CT molecular complexity index is 767. The number of allylic oxidation sites excluding steroid dienone is 7. The highest BCUT2D eigenvalue weighted by Gasteiger charge is 2.58. The van der Waals surface area contributed by atoms with Crippen molar-refractivity contribution < 1.29 is 5.11 Å². The smallest absolute Gasteiger partial charge is 0.0543 e. The van der Waals surface area contributed by atoms with Gasteiger partial charge in [-0.3, -0.25) is 0 Å². The number of hydrogen-bond acceptors (Lipinski definition) is 1. The molecule has 3 saturated carbocycles. The Morgan fingerprint density at radius 1 is 1.10 bits per heavy atom. The molecule has 0 aliphatic heterocycles. The average molecular weight is 409 g/mol. The van der Waals surface area contributed by atoms with Crippen molar-refractivity contribution in [2.75, 3.05) is 0 Å². The van der Waals surface area contributed by atoms with Gasteiger partial charge in [0.05, 0.1) is 6.10 Å². The summed E-state index contributed by atoms with van der Waals surface area (Å²) < 4.78 is 0. The first-order valence-corrected chi connectivity index (χ1v) is 12.6. The van der Waals surface area contributed by atoms with E-state index < -0.39 is 0 Å². The van der Waals surface area contributed by atoms with Crippen LogP contribution >= 0.6 is 0 Å². The van der Waals surface area contributed by atoms with Crippen molar-refractivity contribution in [1.29, 1.82) is 0 Å². The van der Waals surface area contributed by atoms with Crippen molar-refractivity contribution in [2.24, 2.45) is 40.4 Å². The van der Waals surface area contributed by atoms with Gasteiger partial charge in [-0.15, -0.1) is 0 Å². The van der Waals surface area contributed by atoms with Crippen LogP contribution < -0.4 is 0 Å². The summed E-state index contributed by atoms with van der Waals surface area (Å²) >= 11 is 0. The lowest BCUT2D eigenvalue weighted by molar-refractivity contribution is -0.117. The zero-order chi connectivity index (χ0) is 21.7. The van der Waals surface area contributed by atoms with Crippen LogP contribution in [-0.4, -0.2) is 11.2 Å². The van der Waals surface area contributed by atoms with Gasteiger partial charge in [0.15, 0.2) is 0 Å². The molecule has 30 heavy (non-hydrogen) atoms. The van der Waals surface area contributed by atoms with Gasteiger partial charge in [0.2, 0.25) is 0 Å². The third-order valence-electron chi connectivity index (χ3n) is 10.1. The van der Waals surface area contributed by atoms with Gasteiger partial charge in [0.25, 0.3) is 0 Å². The van der Waals surface area contributed by atoms with Gasteiger partial charge in [-0.05, 0) is 115 Å². The van der Waals surface area contributed by atoms with Gasteiger partial charge in [-0.1, -0.05) is 58.6 Å². The van der Waals surface area contributed by atoms with Crippen molar-refractivity contribution in [3.63, 3.8) is 0 Å². The molecule has 0 amide bonds. The van der Waals surface area contributed by atoms with Gasteiger partial charge < -0.3 is 5.11 Å². The number of rotatable bonds is 4. The van der Waals surface area contributed by atoms with E-state index in [1.54, 1.807) is 5.57 Å². The summed E-state index contributed by atoms with van der Waals surface area (Å²) in [4.78, 5) is 0. The Morgan fingerprint density at radius 3 is 2.57 bits per heavy atom. The van der Waals surface area contributed by atoms with Crippen molar-refractivity contribution in [1.82, 2.24) is 0 Å². The fourth-order valence-electron chi connectivity index (χ4n) is 8.22. The molecule has 0 saturated heterocycles. The molecule has 0 radical (unpaired) electrons. The third-order valence-corrected chi connectivity index (χ3v) is 10.1. The second-order valence-electron chi connectivity index (χ2n) is 11.8. The number of fused-ring (bicyclic) bond motifs is 5. The maximum Gasteiger partial charge on any atom is 0.0543 e. The Hall–Kier alpha value is -1.08. The lowest BCUT2D eigenvalue weighted by Gasteiger charge is -2.60. The molecule has 0 aromatic rings. The second kappa shape index (κ2) is 8.12. The monoisotopic (exact) mass is 408 g/mol. The van der Waals surface area contributed by atoms with Crippen LogP contribution in [0.2, 0.25) is 0 Å². The maximum atomic E-state index is 10.3. The molecular weight excluding hydrogens is 364 g/mol. The fraction of sp³-hybridized carbons (Fsp3) is 0.724. The molecule has 4 rings (SSSR count). The summed E-state index contributed by atoms with van der Waals surface area (Å²) in [7, 11) is 0. The second-order valence-corrected chi connectivity index (χ2v) is 11.8. The van der Waals surface area contributed by atoms with E-state index in [0.717, 1.165) is 36.5 Å². The van der Waals surface area contributed by atoms with Crippen molar-refractivity contribution in [2.45, 2.75) is 92.1 Å². The van der Waals surface area contributed by atoms with E-state index in [1.165, 1.54) is 49.7 Å². The van der Waals surface area contributed by atoms with Gasteiger partial charge in [-0.25, -0.2) is 0 Å². The first-order valence-electron chi connectivity index (χ1n) is 12.6. The summed E-state index contributed by atoms with van der Waals surface area (Å²) in [5.74, 6) is 3.82. The van der Waals surface area contributed by atoms with Crippen LogP contribution in [0.1, 0.15) is 86.0 Å². The Kier molecular flexibility index (Phi) is 5.99. The largest absolute Gasteiger partial charge is 0.393 e. The SMILES string of the molecule is C=CC(=CC=C(C)C1=CC[C@H]2[C@@H]3CCC4CC(O)CC[C@]4(C)[C@H]3CC[C@]12C)C(C)C. The first-order chi connectivity index (χ1) is 14.2. The minimum atomic E-state index is -0.0413. The van der Waals surface area contributed by atoms with Crippen LogP contribution in [0.4, 0.5) is 0 Å². The highest BCUT2D eigenvalue weighted by molar-refractivity contribution is 5.43. The summed E-state index contributed by atoms with van der Waals surface area (Å²) in [6, 6.07) is 0. The first kappa shape index (κ1) is 22.1. The van der Waals surface area contributed by atoms with E-state index in [0.29, 0.717) is 16.7 Å². The van der Waals surface area contributed by atoms with Crippen molar-refractivity contribution in [3.05, 3.63) is 47.6 Å². The van der Waals surface area contributed by atoms with E-state index in [4.69, 9.17) is 0 Å². The molecule has 2 unspecified atom stereocenters. The summed E-state index contributed by atoms with van der Waals surface area (Å²) in [5, 5.41) is 10.3. The van der Waals surface area contributed by atoms with Crippen LogP contribution in [-0.2, 0) is 0 Å². The Morgan fingerprint density at radius 2 is 1.87 bits per heavy atom. The van der Waals surface area contributed by atoms with Crippen LogP contribution in [0.3, 0.4) is 0 Å². The molecule has 0 spiro atoms. The molecule has 0 heterocycles. The van der Waals surface area contributed by atoms with Crippen molar-refractivity contribution in [3.8, 4) is 0 Å². The van der Waals surface area contributed by atoms with Crippen molar-refractivity contribution >= 4 is 0 Å². The lowest BCUT2D eigenvalue weighted by Crippen LogP contribution is -2.53. The maximum absolute atomic E-state index is 10.3. The molecule has 1 N–H and O–H groups in total. The molecule has 1 nitrogen and oxygen atoms in total. The van der Waals surface area contributed by atoms with E-state index in [9.17, 15) is 5.11 Å². The number of hydrogen-bond donors (Lipinski definition) is 1. The van der Waals surface area contributed by atoms with E-state index >= 15 is 0 Å². The molecule has 3 fully saturated rings. The van der Waals surface area contributed by atoms with Gasteiger partial charge in [0, 0.05) is 0 Å². The zero-order valence-electron chi connectivity index (χ0n) is 20.1. The normalized spacial score (nSPS) is 44.2. The molecule has 0 aromatic carbocycles. The number of aliphatic hydroxyl groups is 1. The van der Waals surface area contributed by atoms with E-state index in [2.05, 4.69) is 59.4 Å². The zero-order valence-corrected chi connectivity index (χ0v) is 20.1. The fourth-order valence-corrected chi connectivity index (χ4v) is 8.22. The minimum absolute atomic E-state index is 0.0413. The molecule has 7 atom stereocenters. The highest BCUT2D eigenvalue weighted by atomic mass is 16.3. The van der Waals surface area contributed by atoms with Gasteiger partial charge in [-0.2, -0.15) is 0 Å². The summed E-state index contributed by atoms with van der Waals surface area (Å²) in [6.07, 6.45) is 19.2. The molecule has 0 aromatic heterocycles. The topological polar surface area (TPSA) is 20.2 Å². The highest BCUT2D eigenvalue weighted by Crippen LogP contribution is 2.66. The Balaban J connectivity index is 1.56. The van der Waals surface area contributed by atoms with Crippen LogP contribution in [0.25, 0.3) is 0 Å². The molecule has 0 bridgehead atoms.